The standard InChI is InChI=1S/C9H12O/c1-2-8-3-5-9(7-10)6-4-8/h2,5,7-8H,1,3-4,6H2. The third-order valence-electron chi connectivity index (χ3n) is 1.97. The van der Waals surface area contributed by atoms with Gasteiger partial charge in [-0.3, -0.25) is 4.79 Å². The summed E-state index contributed by atoms with van der Waals surface area (Å²) in [7, 11) is 0. The number of allylic oxidation sites excluding steroid dienone is 3. The normalized spacial score (nSPS) is 25.2. The minimum atomic E-state index is 0.601. The molecule has 0 aromatic rings. The minimum Gasteiger partial charge on any atom is -0.298 e. The van der Waals surface area contributed by atoms with Gasteiger partial charge in [-0.1, -0.05) is 12.2 Å². The summed E-state index contributed by atoms with van der Waals surface area (Å²) >= 11 is 0. The van der Waals surface area contributed by atoms with Crippen molar-refractivity contribution in [2.75, 3.05) is 0 Å². The highest BCUT2D eigenvalue weighted by atomic mass is 16.1. The topological polar surface area (TPSA) is 17.1 Å². The molecule has 0 radical (unpaired) electrons. The van der Waals surface area contributed by atoms with Crippen molar-refractivity contribution in [1.82, 2.24) is 0 Å². The van der Waals surface area contributed by atoms with E-state index in [1.54, 1.807) is 0 Å². The molecular weight excluding hydrogens is 124 g/mol. The van der Waals surface area contributed by atoms with Crippen molar-refractivity contribution in [2.45, 2.75) is 19.3 Å². The van der Waals surface area contributed by atoms with Gasteiger partial charge in [0.2, 0.25) is 0 Å². The molecule has 0 amide bonds. The van der Waals surface area contributed by atoms with E-state index in [0.29, 0.717) is 5.92 Å². The molecule has 0 spiro atoms. The second kappa shape index (κ2) is 3.35. The number of aldehydes is 1. The molecule has 1 heteroatoms. The summed E-state index contributed by atoms with van der Waals surface area (Å²) < 4.78 is 0. The van der Waals surface area contributed by atoms with E-state index < -0.39 is 0 Å². The van der Waals surface area contributed by atoms with Crippen molar-refractivity contribution >= 4 is 6.29 Å². The zero-order valence-corrected chi connectivity index (χ0v) is 6.05. The molecule has 1 nitrogen and oxygen atoms in total. The highest BCUT2D eigenvalue weighted by Gasteiger charge is 2.09. The van der Waals surface area contributed by atoms with E-state index in [4.69, 9.17) is 0 Å². The maximum atomic E-state index is 10.3. The molecule has 0 fully saturated rings. The van der Waals surface area contributed by atoms with Gasteiger partial charge in [-0.25, -0.2) is 0 Å². The van der Waals surface area contributed by atoms with Crippen LogP contribution in [0.2, 0.25) is 0 Å². The summed E-state index contributed by atoms with van der Waals surface area (Å²) in [6, 6.07) is 0. The Bertz CT molecular complexity index is 168. The molecule has 0 saturated heterocycles. The number of rotatable bonds is 2. The highest BCUT2D eigenvalue weighted by Crippen LogP contribution is 2.22. The van der Waals surface area contributed by atoms with Crippen LogP contribution >= 0.6 is 0 Å². The maximum absolute atomic E-state index is 10.3. The quantitative estimate of drug-likeness (QED) is 0.419. The van der Waals surface area contributed by atoms with E-state index in [1.165, 1.54) is 0 Å². The summed E-state index contributed by atoms with van der Waals surface area (Å²) in [6.07, 6.45) is 7.96. The number of carbonyl (C=O) groups is 1. The molecule has 0 aromatic heterocycles. The van der Waals surface area contributed by atoms with Crippen molar-refractivity contribution in [3.63, 3.8) is 0 Å². The van der Waals surface area contributed by atoms with E-state index in [1.807, 2.05) is 12.2 Å². The van der Waals surface area contributed by atoms with E-state index in [0.717, 1.165) is 31.1 Å². The fraction of sp³-hybridized carbons (Fsp3) is 0.444. The molecule has 1 unspecified atom stereocenters. The summed E-state index contributed by atoms with van der Waals surface area (Å²) in [5.41, 5.74) is 0.957. The van der Waals surface area contributed by atoms with Crippen molar-refractivity contribution < 1.29 is 4.79 Å². The lowest BCUT2D eigenvalue weighted by atomic mass is 9.90. The van der Waals surface area contributed by atoms with Gasteiger partial charge in [0.1, 0.15) is 6.29 Å². The highest BCUT2D eigenvalue weighted by molar-refractivity contribution is 5.73. The van der Waals surface area contributed by atoms with Gasteiger partial charge in [-0.15, -0.1) is 6.58 Å². The first-order chi connectivity index (χ1) is 4.86. The van der Waals surface area contributed by atoms with Crippen LogP contribution in [-0.4, -0.2) is 6.29 Å². The molecule has 0 aromatic carbocycles. The van der Waals surface area contributed by atoms with E-state index in [2.05, 4.69) is 6.58 Å². The third-order valence-corrected chi connectivity index (χ3v) is 1.97. The minimum absolute atomic E-state index is 0.601. The van der Waals surface area contributed by atoms with Gasteiger partial charge in [-0.2, -0.15) is 0 Å². The molecular formula is C9H12O. The van der Waals surface area contributed by atoms with Gasteiger partial charge >= 0.3 is 0 Å². The van der Waals surface area contributed by atoms with Crippen LogP contribution in [0, 0.1) is 5.92 Å². The molecule has 0 N–H and O–H groups in total. The van der Waals surface area contributed by atoms with Gasteiger partial charge in [0, 0.05) is 0 Å². The van der Waals surface area contributed by atoms with Gasteiger partial charge < -0.3 is 0 Å². The van der Waals surface area contributed by atoms with Crippen LogP contribution in [-0.2, 0) is 4.79 Å². The largest absolute Gasteiger partial charge is 0.298 e. The zero-order valence-electron chi connectivity index (χ0n) is 6.05. The molecule has 10 heavy (non-hydrogen) atoms. The number of hydrogen-bond donors (Lipinski definition) is 0. The van der Waals surface area contributed by atoms with Gasteiger partial charge in [0.05, 0.1) is 0 Å². The van der Waals surface area contributed by atoms with Crippen molar-refractivity contribution in [3.05, 3.63) is 24.3 Å². The summed E-state index contributed by atoms with van der Waals surface area (Å²) in [5.74, 6) is 0.601. The van der Waals surface area contributed by atoms with Gasteiger partial charge in [-0.05, 0) is 30.8 Å². The summed E-state index contributed by atoms with van der Waals surface area (Å²) in [4.78, 5) is 10.3. The van der Waals surface area contributed by atoms with Crippen molar-refractivity contribution in [2.24, 2.45) is 5.92 Å². The Morgan fingerprint density at radius 3 is 2.90 bits per heavy atom. The van der Waals surface area contributed by atoms with Crippen LogP contribution in [0.1, 0.15) is 19.3 Å². The summed E-state index contributed by atoms with van der Waals surface area (Å²) in [5, 5.41) is 0. The van der Waals surface area contributed by atoms with E-state index in [9.17, 15) is 4.79 Å². The SMILES string of the molecule is C=CC1CC=C(C=O)CC1. The number of hydrogen-bond acceptors (Lipinski definition) is 1. The first kappa shape index (κ1) is 7.26. The first-order valence-corrected chi connectivity index (χ1v) is 3.63. The predicted molar refractivity (Wildman–Crippen MR) is 41.7 cm³/mol. The van der Waals surface area contributed by atoms with E-state index in [-0.39, 0.29) is 0 Å². The van der Waals surface area contributed by atoms with Crippen molar-refractivity contribution in [1.29, 1.82) is 0 Å². The Balaban J connectivity index is 2.51. The van der Waals surface area contributed by atoms with Crippen LogP contribution in [0.25, 0.3) is 0 Å². The van der Waals surface area contributed by atoms with Crippen molar-refractivity contribution in [3.8, 4) is 0 Å². The molecule has 1 atom stereocenters. The Hall–Kier alpha value is -0.850. The smallest absolute Gasteiger partial charge is 0.145 e. The molecule has 1 rings (SSSR count). The maximum Gasteiger partial charge on any atom is 0.145 e. The average Bonchev–Trinajstić information content (AvgIpc) is 2.05. The molecule has 0 bridgehead atoms. The van der Waals surface area contributed by atoms with Gasteiger partial charge in [0.25, 0.3) is 0 Å². The average molecular weight is 136 g/mol. The second-order valence-corrected chi connectivity index (χ2v) is 2.67. The molecule has 0 saturated carbocycles. The Morgan fingerprint density at radius 2 is 2.50 bits per heavy atom. The summed E-state index contributed by atoms with van der Waals surface area (Å²) in [6.45, 7) is 3.72. The fourth-order valence-electron chi connectivity index (χ4n) is 1.20. The van der Waals surface area contributed by atoms with Crippen LogP contribution in [0.15, 0.2) is 24.3 Å². The Kier molecular flexibility index (Phi) is 2.43. The number of carbonyl (C=O) groups excluding carboxylic acids is 1. The van der Waals surface area contributed by atoms with Gasteiger partial charge in [0.15, 0.2) is 0 Å². The molecule has 54 valence electrons. The second-order valence-electron chi connectivity index (χ2n) is 2.67. The molecule has 0 heterocycles. The van der Waals surface area contributed by atoms with E-state index >= 15 is 0 Å². The lowest BCUT2D eigenvalue weighted by molar-refractivity contribution is -0.105. The lowest BCUT2D eigenvalue weighted by Crippen LogP contribution is -2.02. The monoisotopic (exact) mass is 136 g/mol. The van der Waals surface area contributed by atoms with Crippen LogP contribution in [0.4, 0.5) is 0 Å². The third kappa shape index (κ3) is 1.56. The van der Waals surface area contributed by atoms with Crippen LogP contribution in [0.3, 0.4) is 0 Å². The molecule has 0 aliphatic heterocycles. The molecule has 1 aliphatic rings. The Labute approximate surface area is 61.4 Å². The molecule has 1 aliphatic carbocycles. The lowest BCUT2D eigenvalue weighted by Gasteiger charge is -2.14. The first-order valence-electron chi connectivity index (χ1n) is 3.63. The Morgan fingerprint density at radius 1 is 1.70 bits per heavy atom. The van der Waals surface area contributed by atoms with Crippen LogP contribution < -0.4 is 0 Å². The fourth-order valence-corrected chi connectivity index (χ4v) is 1.20. The zero-order chi connectivity index (χ0) is 7.40. The predicted octanol–water partition coefficient (Wildman–Crippen LogP) is 2.10. The van der Waals surface area contributed by atoms with Crippen LogP contribution in [0.5, 0.6) is 0 Å².